The van der Waals surface area contributed by atoms with Crippen LogP contribution in [0.1, 0.15) is 0 Å². The number of rotatable bonds is 4. The number of hydrogen-bond donors (Lipinski definition) is 0. The fraction of sp³-hybridized carbons (Fsp3) is 0. The van der Waals surface area contributed by atoms with Gasteiger partial charge in [-0.1, -0.05) is 146 Å². The third-order valence-corrected chi connectivity index (χ3v) is 10.7. The summed E-state index contributed by atoms with van der Waals surface area (Å²) in [7, 11) is 0. The SMILES string of the molecule is c1ccc(-c2nc(-c3ccc(-c4ccc(-c5nc6ccc7ccccc7c6c6sc7ccccc7c56)cc4)cc3)c3ccccc3n2)cc1. The summed E-state index contributed by atoms with van der Waals surface area (Å²) < 4.78 is 2.58. The molecule has 0 saturated heterocycles. The summed E-state index contributed by atoms with van der Waals surface area (Å²) in [5.41, 5.74) is 9.44. The molecule has 4 heteroatoms. The van der Waals surface area contributed by atoms with Crippen LogP contribution in [0.5, 0.6) is 0 Å². The van der Waals surface area contributed by atoms with Gasteiger partial charge in [0.25, 0.3) is 0 Å². The second-order valence-corrected chi connectivity index (χ2v) is 13.4. The zero-order chi connectivity index (χ0) is 32.3. The summed E-state index contributed by atoms with van der Waals surface area (Å²) in [5.74, 6) is 0.733. The lowest BCUT2D eigenvalue weighted by Gasteiger charge is -2.11. The van der Waals surface area contributed by atoms with Gasteiger partial charge in [0.05, 0.1) is 22.4 Å². The standard InChI is InChI=1S/C45H27N3S/c1-2-11-33(12-3-1)45-47-37-16-8-6-14-35(37)42(48-45)31-22-18-28(19-23-31)29-20-24-32(25-21-29)43-41-36-15-7-9-17-39(36)49-44(41)40-34-13-5-4-10-30(34)26-27-38(40)46-43/h1-27H. The van der Waals surface area contributed by atoms with Crippen molar-refractivity contribution in [2.24, 2.45) is 0 Å². The molecule has 228 valence electrons. The molecule has 3 heterocycles. The molecule has 0 saturated carbocycles. The van der Waals surface area contributed by atoms with E-state index < -0.39 is 0 Å². The molecule has 0 aliphatic carbocycles. The molecule has 0 aliphatic rings. The molecule has 10 rings (SSSR count). The molecule has 0 spiro atoms. The molecule has 10 aromatic rings. The zero-order valence-corrected chi connectivity index (χ0v) is 27.2. The number of hydrogen-bond acceptors (Lipinski definition) is 4. The van der Waals surface area contributed by atoms with Gasteiger partial charge in [-0.05, 0) is 40.1 Å². The number of para-hydroxylation sites is 1. The maximum Gasteiger partial charge on any atom is 0.160 e. The van der Waals surface area contributed by atoms with Crippen LogP contribution in [0.15, 0.2) is 164 Å². The number of pyridine rings is 1. The Morgan fingerprint density at radius 1 is 0.347 bits per heavy atom. The smallest absolute Gasteiger partial charge is 0.160 e. The van der Waals surface area contributed by atoms with Gasteiger partial charge in [-0.25, -0.2) is 15.0 Å². The lowest BCUT2D eigenvalue weighted by atomic mass is 9.97. The van der Waals surface area contributed by atoms with E-state index in [1.165, 1.54) is 36.3 Å². The summed E-state index contributed by atoms with van der Waals surface area (Å²) in [6, 6.07) is 57.7. The van der Waals surface area contributed by atoms with Gasteiger partial charge in [0.1, 0.15) is 0 Å². The highest BCUT2D eigenvalue weighted by Crippen LogP contribution is 2.44. The van der Waals surface area contributed by atoms with Crippen molar-refractivity contribution < 1.29 is 0 Å². The topological polar surface area (TPSA) is 38.7 Å². The predicted molar refractivity (Wildman–Crippen MR) is 207 cm³/mol. The molecule has 0 unspecified atom stereocenters. The third-order valence-electron chi connectivity index (χ3n) is 9.48. The minimum absolute atomic E-state index is 0.733. The Labute approximate surface area is 286 Å². The van der Waals surface area contributed by atoms with E-state index in [1.807, 2.05) is 41.7 Å². The summed E-state index contributed by atoms with van der Waals surface area (Å²) in [4.78, 5) is 15.3. The van der Waals surface area contributed by atoms with Crippen molar-refractivity contribution in [1.29, 1.82) is 0 Å². The van der Waals surface area contributed by atoms with Crippen molar-refractivity contribution in [1.82, 2.24) is 15.0 Å². The van der Waals surface area contributed by atoms with Gasteiger partial charge in [-0.15, -0.1) is 11.3 Å². The zero-order valence-electron chi connectivity index (χ0n) is 26.3. The Balaban J connectivity index is 1.06. The van der Waals surface area contributed by atoms with Crippen molar-refractivity contribution in [2.45, 2.75) is 0 Å². The van der Waals surface area contributed by atoms with Crippen LogP contribution in [0.2, 0.25) is 0 Å². The summed E-state index contributed by atoms with van der Waals surface area (Å²) >= 11 is 1.87. The van der Waals surface area contributed by atoms with E-state index in [4.69, 9.17) is 15.0 Å². The van der Waals surface area contributed by atoms with E-state index >= 15 is 0 Å². The first kappa shape index (κ1) is 27.8. The largest absolute Gasteiger partial charge is 0.247 e. The monoisotopic (exact) mass is 641 g/mol. The maximum absolute atomic E-state index is 5.34. The quantitative estimate of drug-likeness (QED) is 0.180. The molecule has 0 fully saturated rings. The van der Waals surface area contributed by atoms with Crippen LogP contribution in [0.25, 0.3) is 97.8 Å². The average molecular weight is 642 g/mol. The summed E-state index contributed by atoms with van der Waals surface area (Å²) in [6.07, 6.45) is 0. The molecule has 0 radical (unpaired) electrons. The van der Waals surface area contributed by atoms with E-state index in [0.717, 1.165) is 61.4 Å². The second kappa shape index (κ2) is 11.2. The van der Waals surface area contributed by atoms with Crippen LogP contribution in [0.3, 0.4) is 0 Å². The van der Waals surface area contributed by atoms with E-state index in [2.05, 4.69) is 133 Å². The third kappa shape index (κ3) is 4.61. The molecule has 0 aliphatic heterocycles. The Kier molecular flexibility index (Phi) is 6.36. The lowest BCUT2D eigenvalue weighted by molar-refractivity contribution is 1.23. The molecule has 3 aromatic heterocycles. The van der Waals surface area contributed by atoms with Gasteiger partial charge in [-0.2, -0.15) is 0 Å². The molecular formula is C45H27N3S. The molecule has 0 atom stereocenters. The van der Waals surface area contributed by atoms with Crippen LogP contribution in [0.4, 0.5) is 0 Å². The van der Waals surface area contributed by atoms with E-state index in [-0.39, 0.29) is 0 Å². The minimum Gasteiger partial charge on any atom is -0.247 e. The van der Waals surface area contributed by atoms with Crippen LogP contribution in [-0.2, 0) is 0 Å². The minimum atomic E-state index is 0.733. The number of aromatic nitrogens is 3. The van der Waals surface area contributed by atoms with Crippen molar-refractivity contribution in [3.8, 4) is 45.0 Å². The highest BCUT2D eigenvalue weighted by molar-refractivity contribution is 7.27. The summed E-state index contributed by atoms with van der Waals surface area (Å²) in [5, 5.41) is 7.26. The number of benzene rings is 7. The average Bonchev–Trinajstić information content (AvgIpc) is 3.57. The van der Waals surface area contributed by atoms with Gasteiger partial charge in [0.15, 0.2) is 5.82 Å². The molecule has 0 amide bonds. The molecule has 7 aromatic carbocycles. The molecule has 49 heavy (non-hydrogen) atoms. The van der Waals surface area contributed by atoms with E-state index in [1.54, 1.807) is 0 Å². The highest BCUT2D eigenvalue weighted by Gasteiger charge is 2.18. The van der Waals surface area contributed by atoms with Crippen molar-refractivity contribution in [3.05, 3.63) is 164 Å². The Morgan fingerprint density at radius 3 is 1.73 bits per heavy atom. The number of thiophene rings is 1. The normalized spacial score (nSPS) is 11.7. The van der Waals surface area contributed by atoms with Crippen molar-refractivity contribution in [3.63, 3.8) is 0 Å². The van der Waals surface area contributed by atoms with Gasteiger partial charge >= 0.3 is 0 Å². The van der Waals surface area contributed by atoms with Gasteiger partial charge in [0.2, 0.25) is 0 Å². The van der Waals surface area contributed by atoms with Gasteiger partial charge in [-0.3, -0.25) is 0 Å². The number of nitrogens with zero attached hydrogens (tertiary/aromatic N) is 3. The van der Waals surface area contributed by atoms with Crippen LogP contribution in [-0.4, -0.2) is 15.0 Å². The fourth-order valence-corrected chi connectivity index (χ4v) is 8.36. The summed E-state index contributed by atoms with van der Waals surface area (Å²) in [6.45, 7) is 0. The highest BCUT2D eigenvalue weighted by atomic mass is 32.1. The van der Waals surface area contributed by atoms with Crippen molar-refractivity contribution in [2.75, 3.05) is 0 Å². The second-order valence-electron chi connectivity index (χ2n) is 12.4. The van der Waals surface area contributed by atoms with E-state index in [0.29, 0.717) is 0 Å². The first-order chi connectivity index (χ1) is 24.3. The van der Waals surface area contributed by atoms with Gasteiger partial charge in [0, 0.05) is 47.6 Å². The van der Waals surface area contributed by atoms with Crippen molar-refractivity contribution >= 4 is 64.1 Å². The maximum atomic E-state index is 5.34. The molecule has 0 bridgehead atoms. The van der Waals surface area contributed by atoms with E-state index in [9.17, 15) is 0 Å². The molecular weight excluding hydrogens is 615 g/mol. The Hall–Kier alpha value is -6.23. The number of fused-ring (bicyclic) bond motifs is 8. The molecule has 0 N–H and O–H groups in total. The van der Waals surface area contributed by atoms with Crippen LogP contribution in [0, 0.1) is 0 Å². The lowest BCUT2D eigenvalue weighted by Crippen LogP contribution is -1.95. The first-order valence-corrected chi connectivity index (χ1v) is 17.3. The fourth-order valence-electron chi connectivity index (χ4n) is 7.09. The first-order valence-electron chi connectivity index (χ1n) is 16.4. The Morgan fingerprint density at radius 2 is 0.959 bits per heavy atom. The van der Waals surface area contributed by atoms with Crippen LogP contribution >= 0.6 is 11.3 Å². The predicted octanol–water partition coefficient (Wildman–Crippen LogP) is 12.4. The Bertz CT molecular complexity index is 2860. The molecule has 3 nitrogen and oxygen atoms in total. The van der Waals surface area contributed by atoms with Crippen LogP contribution < -0.4 is 0 Å². The van der Waals surface area contributed by atoms with Gasteiger partial charge < -0.3 is 0 Å².